The number of amides is 3. The molecule has 0 spiro atoms. The minimum atomic E-state index is -0.204. The third-order valence-electron chi connectivity index (χ3n) is 6.45. The maximum absolute atomic E-state index is 12.4. The van der Waals surface area contributed by atoms with Gasteiger partial charge in [-0.15, -0.1) is 0 Å². The Hall–Kier alpha value is -2.04. The zero-order valence-electron chi connectivity index (χ0n) is 15.5. The Bertz CT molecular complexity index is 665. The minimum absolute atomic E-state index is 0.00541. The predicted octanol–water partition coefficient (Wildman–Crippen LogP) is 3.46. The molecule has 0 aliphatic heterocycles. The molecule has 4 fully saturated rings. The lowest BCUT2D eigenvalue weighted by atomic mass is 9.53. The van der Waals surface area contributed by atoms with Gasteiger partial charge in [-0.3, -0.25) is 4.79 Å². The second kappa shape index (κ2) is 6.93. The first-order valence-electron chi connectivity index (χ1n) is 9.98. The molecule has 4 aliphatic rings. The molecule has 0 radical (unpaired) electrons. The number of benzene rings is 1. The van der Waals surface area contributed by atoms with Crippen LogP contribution in [0.25, 0.3) is 0 Å². The van der Waals surface area contributed by atoms with Crippen LogP contribution in [0.5, 0.6) is 0 Å². The van der Waals surface area contributed by atoms with Crippen LogP contribution in [0.15, 0.2) is 24.3 Å². The molecule has 1 aromatic rings. The van der Waals surface area contributed by atoms with E-state index in [1.54, 1.807) is 0 Å². The molecule has 4 aliphatic carbocycles. The van der Waals surface area contributed by atoms with Gasteiger partial charge in [0.05, 0.1) is 6.54 Å². The topological polar surface area (TPSA) is 70.2 Å². The average Bonchev–Trinajstić information content (AvgIpc) is 2.58. The lowest BCUT2D eigenvalue weighted by Gasteiger charge is -2.56. The number of hydrogen-bond acceptors (Lipinski definition) is 2. The van der Waals surface area contributed by atoms with E-state index in [1.165, 1.54) is 24.8 Å². The molecule has 0 heterocycles. The lowest BCUT2D eigenvalue weighted by Crippen LogP contribution is -2.61. The Morgan fingerprint density at radius 2 is 1.73 bits per heavy atom. The van der Waals surface area contributed by atoms with E-state index in [2.05, 4.69) is 22.9 Å². The molecule has 0 saturated heterocycles. The van der Waals surface area contributed by atoms with E-state index >= 15 is 0 Å². The Labute approximate surface area is 155 Å². The SMILES string of the molecule is CCc1cccc(NC(=O)CNC(=O)NC23CC4CC(CC(C4)C2)C3)c1. The van der Waals surface area contributed by atoms with Crippen molar-refractivity contribution in [1.82, 2.24) is 10.6 Å². The third kappa shape index (κ3) is 3.71. The van der Waals surface area contributed by atoms with E-state index in [9.17, 15) is 9.59 Å². The molecule has 4 saturated carbocycles. The second-order valence-electron chi connectivity index (χ2n) is 8.61. The average molecular weight is 355 g/mol. The van der Waals surface area contributed by atoms with E-state index in [0.29, 0.717) is 0 Å². The summed E-state index contributed by atoms with van der Waals surface area (Å²) in [6, 6.07) is 7.60. The van der Waals surface area contributed by atoms with Crippen molar-refractivity contribution in [3.8, 4) is 0 Å². The Balaban J connectivity index is 1.27. The largest absolute Gasteiger partial charge is 0.333 e. The molecule has 5 rings (SSSR count). The number of aryl methyl sites for hydroxylation is 1. The Kier molecular flexibility index (Phi) is 4.63. The number of urea groups is 1. The quantitative estimate of drug-likeness (QED) is 0.757. The van der Waals surface area contributed by atoms with Crippen molar-refractivity contribution in [3.63, 3.8) is 0 Å². The van der Waals surface area contributed by atoms with Crippen LogP contribution in [0.1, 0.15) is 51.0 Å². The van der Waals surface area contributed by atoms with E-state index in [1.807, 2.05) is 24.3 Å². The van der Waals surface area contributed by atoms with Crippen LogP contribution < -0.4 is 16.0 Å². The van der Waals surface area contributed by atoms with Crippen LogP contribution in [0, 0.1) is 17.8 Å². The highest BCUT2D eigenvalue weighted by molar-refractivity contribution is 5.94. The Morgan fingerprint density at radius 1 is 1.08 bits per heavy atom. The van der Waals surface area contributed by atoms with Gasteiger partial charge in [-0.05, 0) is 80.4 Å². The smallest absolute Gasteiger partial charge is 0.315 e. The summed E-state index contributed by atoms with van der Waals surface area (Å²) in [7, 11) is 0. The molecule has 4 bridgehead atoms. The number of anilines is 1. The zero-order valence-corrected chi connectivity index (χ0v) is 15.5. The van der Waals surface area contributed by atoms with Gasteiger partial charge in [0.25, 0.3) is 0 Å². The van der Waals surface area contributed by atoms with Crippen LogP contribution in [0.3, 0.4) is 0 Å². The van der Waals surface area contributed by atoms with Gasteiger partial charge in [0.2, 0.25) is 5.91 Å². The summed E-state index contributed by atoms with van der Waals surface area (Å²) >= 11 is 0. The highest BCUT2D eigenvalue weighted by atomic mass is 16.2. The van der Waals surface area contributed by atoms with Crippen molar-refractivity contribution >= 4 is 17.6 Å². The van der Waals surface area contributed by atoms with E-state index < -0.39 is 0 Å². The summed E-state index contributed by atoms with van der Waals surface area (Å²) < 4.78 is 0. The third-order valence-corrected chi connectivity index (χ3v) is 6.45. The summed E-state index contributed by atoms with van der Waals surface area (Å²) in [6.45, 7) is 2.08. The number of nitrogens with one attached hydrogen (secondary N) is 3. The molecule has 140 valence electrons. The summed E-state index contributed by atoms with van der Waals surface area (Å²) in [6.07, 6.45) is 8.31. The normalized spacial score (nSPS) is 31.5. The van der Waals surface area contributed by atoms with Gasteiger partial charge in [-0.2, -0.15) is 0 Å². The zero-order chi connectivity index (χ0) is 18.1. The fourth-order valence-corrected chi connectivity index (χ4v) is 5.78. The number of rotatable bonds is 5. The van der Waals surface area contributed by atoms with Crippen molar-refractivity contribution in [2.45, 2.75) is 57.4 Å². The van der Waals surface area contributed by atoms with Gasteiger partial charge in [-0.1, -0.05) is 19.1 Å². The van der Waals surface area contributed by atoms with Gasteiger partial charge < -0.3 is 16.0 Å². The highest BCUT2D eigenvalue weighted by Gasteiger charge is 2.51. The molecule has 1 aromatic carbocycles. The molecule has 26 heavy (non-hydrogen) atoms. The van der Waals surface area contributed by atoms with Crippen LogP contribution in [-0.2, 0) is 11.2 Å². The van der Waals surface area contributed by atoms with E-state index in [0.717, 1.165) is 49.1 Å². The van der Waals surface area contributed by atoms with Crippen molar-refractivity contribution in [1.29, 1.82) is 0 Å². The van der Waals surface area contributed by atoms with E-state index in [4.69, 9.17) is 0 Å². The van der Waals surface area contributed by atoms with Crippen LogP contribution in [0.4, 0.5) is 10.5 Å². The van der Waals surface area contributed by atoms with Gasteiger partial charge in [0, 0.05) is 11.2 Å². The summed E-state index contributed by atoms with van der Waals surface area (Å²) in [5.41, 5.74) is 1.93. The van der Waals surface area contributed by atoms with Crippen LogP contribution in [0.2, 0.25) is 0 Å². The Morgan fingerprint density at radius 3 is 2.35 bits per heavy atom. The van der Waals surface area contributed by atoms with Crippen LogP contribution in [-0.4, -0.2) is 24.0 Å². The molecule has 3 amide bonds. The second-order valence-corrected chi connectivity index (χ2v) is 8.61. The first-order valence-corrected chi connectivity index (χ1v) is 9.98. The van der Waals surface area contributed by atoms with Gasteiger partial charge >= 0.3 is 6.03 Å². The maximum atomic E-state index is 12.4. The first kappa shape index (κ1) is 17.4. The number of carbonyl (C=O) groups excluding carboxylic acids is 2. The van der Waals surface area contributed by atoms with Crippen molar-refractivity contribution in [2.75, 3.05) is 11.9 Å². The van der Waals surface area contributed by atoms with Crippen LogP contribution >= 0.6 is 0 Å². The van der Waals surface area contributed by atoms with Gasteiger partial charge in [0.1, 0.15) is 0 Å². The molecule has 5 heteroatoms. The van der Waals surface area contributed by atoms with Gasteiger partial charge in [-0.25, -0.2) is 4.79 Å². The summed E-state index contributed by atoms with van der Waals surface area (Å²) in [5, 5.41) is 8.83. The van der Waals surface area contributed by atoms with Gasteiger partial charge in [0.15, 0.2) is 0 Å². The fourth-order valence-electron chi connectivity index (χ4n) is 5.78. The molecule has 5 nitrogen and oxygen atoms in total. The molecule has 0 unspecified atom stereocenters. The monoisotopic (exact) mass is 355 g/mol. The minimum Gasteiger partial charge on any atom is -0.333 e. The molecule has 0 aromatic heterocycles. The standard InChI is InChI=1S/C21H29N3O2/c1-2-14-4-3-5-18(9-14)23-19(25)13-22-20(26)24-21-10-15-6-16(11-21)8-17(7-15)12-21/h3-5,9,15-17H,2,6-8,10-13H2,1H3,(H,23,25)(H2,22,24,26). The summed E-state index contributed by atoms with van der Waals surface area (Å²) in [4.78, 5) is 24.5. The summed E-state index contributed by atoms with van der Waals surface area (Å²) in [5.74, 6) is 2.17. The molecular formula is C21H29N3O2. The maximum Gasteiger partial charge on any atom is 0.315 e. The van der Waals surface area contributed by atoms with Crippen molar-refractivity contribution in [3.05, 3.63) is 29.8 Å². The van der Waals surface area contributed by atoms with E-state index in [-0.39, 0.29) is 24.0 Å². The molecule has 0 atom stereocenters. The number of hydrogen-bond donors (Lipinski definition) is 3. The fraction of sp³-hybridized carbons (Fsp3) is 0.619. The van der Waals surface area contributed by atoms with Crippen molar-refractivity contribution in [2.24, 2.45) is 17.8 Å². The molecule has 3 N–H and O–H groups in total. The predicted molar refractivity (Wildman–Crippen MR) is 102 cm³/mol. The number of carbonyl (C=O) groups is 2. The first-order chi connectivity index (χ1) is 12.5. The lowest BCUT2D eigenvalue weighted by molar-refractivity contribution is -0.115. The highest BCUT2D eigenvalue weighted by Crippen LogP contribution is 2.55. The van der Waals surface area contributed by atoms with Crippen molar-refractivity contribution < 1.29 is 9.59 Å². The molecular weight excluding hydrogens is 326 g/mol.